The molecule has 0 amide bonds. The molecule has 0 aromatic heterocycles. The molecule has 106 valence electrons. The second-order valence-electron chi connectivity index (χ2n) is 6.60. The standard InChI is InChI=1S/C15H29NO2/c1-4-9-15(2,3)11-16-10-12-5-7-13(8-6-12)14(17)18/h12-13,16H,4-11H2,1-3H3,(H,17,18). The van der Waals surface area contributed by atoms with E-state index in [2.05, 4.69) is 26.1 Å². The van der Waals surface area contributed by atoms with E-state index in [9.17, 15) is 4.79 Å². The number of hydrogen-bond donors (Lipinski definition) is 2. The van der Waals surface area contributed by atoms with Crippen LogP contribution in [-0.4, -0.2) is 24.2 Å². The topological polar surface area (TPSA) is 49.3 Å². The van der Waals surface area contributed by atoms with E-state index in [4.69, 9.17) is 5.11 Å². The van der Waals surface area contributed by atoms with E-state index in [0.29, 0.717) is 11.3 Å². The fourth-order valence-electron chi connectivity index (χ4n) is 2.99. The molecule has 0 bridgehead atoms. The van der Waals surface area contributed by atoms with Gasteiger partial charge in [0, 0.05) is 6.54 Å². The maximum absolute atomic E-state index is 10.9. The van der Waals surface area contributed by atoms with E-state index >= 15 is 0 Å². The molecule has 0 aromatic rings. The van der Waals surface area contributed by atoms with Crippen LogP contribution in [0.4, 0.5) is 0 Å². The minimum Gasteiger partial charge on any atom is -0.481 e. The van der Waals surface area contributed by atoms with Crippen LogP contribution < -0.4 is 5.32 Å². The number of carboxylic acids is 1. The highest BCUT2D eigenvalue weighted by atomic mass is 16.4. The molecule has 3 heteroatoms. The van der Waals surface area contributed by atoms with Crippen molar-refractivity contribution in [2.24, 2.45) is 17.3 Å². The zero-order valence-corrected chi connectivity index (χ0v) is 12.2. The van der Waals surface area contributed by atoms with Gasteiger partial charge >= 0.3 is 5.97 Å². The van der Waals surface area contributed by atoms with Gasteiger partial charge in [-0.1, -0.05) is 27.2 Å². The number of nitrogens with one attached hydrogen (secondary N) is 1. The van der Waals surface area contributed by atoms with Crippen LogP contribution in [0.25, 0.3) is 0 Å². The highest BCUT2D eigenvalue weighted by Crippen LogP contribution is 2.28. The van der Waals surface area contributed by atoms with Crippen LogP contribution in [0.15, 0.2) is 0 Å². The van der Waals surface area contributed by atoms with Crippen molar-refractivity contribution in [2.45, 2.75) is 59.3 Å². The summed E-state index contributed by atoms with van der Waals surface area (Å²) in [7, 11) is 0. The Labute approximate surface area is 111 Å². The number of carbonyl (C=O) groups is 1. The van der Waals surface area contributed by atoms with E-state index in [1.165, 1.54) is 12.8 Å². The Hall–Kier alpha value is -0.570. The summed E-state index contributed by atoms with van der Waals surface area (Å²) in [5.41, 5.74) is 0.382. The lowest BCUT2D eigenvalue weighted by Gasteiger charge is -2.29. The lowest BCUT2D eigenvalue weighted by atomic mass is 9.81. The van der Waals surface area contributed by atoms with Crippen LogP contribution in [-0.2, 0) is 4.79 Å². The normalized spacial score (nSPS) is 25.1. The SMILES string of the molecule is CCCC(C)(C)CNCC1CCC(C(=O)O)CC1. The summed E-state index contributed by atoms with van der Waals surface area (Å²) in [4.78, 5) is 10.9. The van der Waals surface area contributed by atoms with Crippen molar-refractivity contribution >= 4 is 5.97 Å². The molecule has 0 heterocycles. The van der Waals surface area contributed by atoms with Crippen LogP contribution in [0.1, 0.15) is 59.3 Å². The van der Waals surface area contributed by atoms with Crippen LogP contribution in [0.5, 0.6) is 0 Å². The molecule has 1 aliphatic carbocycles. The highest BCUT2D eigenvalue weighted by molar-refractivity contribution is 5.69. The van der Waals surface area contributed by atoms with Crippen LogP contribution >= 0.6 is 0 Å². The van der Waals surface area contributed by atoms with Gasteiger partial charge in [-0.3, -0.25) is 4.79 Å². The summed E-state index contributed by atoms with van der Waals surface area (Å²) >= 11 is 0. The second-order valence-corrected chi connectivity index (χ2v) is 6.60. The van der Waals surface area contributed by atoms with Crippen LogP contribution in [0, 0.1) is 17.3 Å². The van der Waals surface area contributed by atoms with Gasteiger partial charge in [-0.2, -0.15) is 0 Å². The lowest BCUT2D eigenvalue weighted by Crippen LogP contribution is -2.34. The van der Waals surface area contributed by atoms with Crippen LogP contribution in [0.3, 0.4) is 0 Å². The largest absolute Gasteiger partial charge is 0.481 e. The molecular weight excluding hydrogens is 226 g/mol. The molecule has 2 N–H and O–H groups in total. The minimum absolute atomic E-state index is 0.0854. The summed E-state index contributed by atoms with van der Waals surface area (Å²) in [6, 6.07) is 0. The Bertz CT molecular complexity index is 255. The molecule has 1 rings (SSSR count). The van der Waals surface area contributed by atoms with Gasteiger partial charge in [0.15, 0.2) is 0 Å². The first-order valence-electron chi connectivity index (χ1n) is 7.38. The van der Waals surface area contributed by atoms with E-state index < -0.39 is 5.97 Å². The minimum atomic E-state index is -0.606. The molecule has 0 spiro atoms. The summed E-state index contributed by atoms with van der Waals surface area (Å²) < 4.78 is 0. The number of aliphatic carboxylic acids is 1. The van der Waals surface area contributed by atoms with Crippen molar-refractivity contribution in [3.8, 4) is 0 Å². The summed E-state index contributed by atoms with van der Waals surface area (Å²) in [6.07, 6.45) is 6.35. The van der Waals surface area contributed by atoms with Gasteiger partial charge in [-0.05, 0) is 50.0 Å². The Balaban J connectivity index is 2.16. The highest BCUT2D eigenvalue weighted by Gasteiger charge is 2.26. The van der Waals surface area contributed by atoms with Gasteiger partial charge in [-0.15, -0.1) is 0 Å². The maximum Gasteiger partial charge on any atom is 0.306 e. The molecular formula is C15H29NO2. The fourth-order valence-corrected chi connectivity index (χ4v) is 2.99. The molecule has 3 nitrogen and oxygen atoms in total. The van der Waals surface area contributed by atoms with Crippen molar-refractivity contribution in [3.63, 3.8) is 0 Å². The predicted molar refractivity (Wildman–Crippen MR) is 74.6 cm³/mol. The number of rotatable bonds is 7. The molecule has 1 aliphatic rings. The smallest absolute Gasteiger partial charge is 0.306 e. The van der Waals surface area contributed by atoms with Gasteiger partial charge in [0.2, 0.25) is 0 Å². The average Bonchev–Trinajstić information content (AvgIpc) is 2.29. The van der Waals surface area contributed by atoms with E-state index in [0.717, 1.165) is 38.8 Å². The van der Waals surface area contributed by atoms with Crippen molar-refractivity contribution in [1.82, 2.24) is 5.32 Å². The van der Waals surface area contributed by atoms with E-state index in [1.807, 2.05) is 0 Å². The molecule has 1 fully saturated rings. The Morgan fingerprint density at radius 1 is 1.28 bits per heavy atom. The average molecular weight is 255 g/mol. The Morgan fingerprint density at radius 3 is 2.39 bits per heavy atom. The van der Waals surface area contributed by atoms with E-state index in [-0.39, 0.29) is 5.92 Å². The van der Waals surface area contributed by atoms with Crippen molar-refractivity contribution in [1.29, 1.82) is 0 Å². The first kappa shape index (κ1) is 15.5. The predicted octanol–water partition coefficient (Wildman–Crippen LogP) is 3.29. The molecule has 1 saturated carbocycles. The monoisotopic (exact) mass is 255 g/mol. The zero-order valence-electron chi connectivity index (χ0n) is 12.2. The van der Waals surface area contributed by atoms with Crippen molar-refractivity contribution in [2.75, 3.05) is 13.1 Å². The third-order valence-electron chi connectivity index (χ3n) is 4.16. The zero-order chi connectivity index (χ0) is 13.6. The first-order valence-corrected chi connectivity index (χ1v) is 7.38. The summed E-state index contributed by atoms with van der Waals surface area (Å²) in [6.45, 7) is 8.98. The lowest BCUT2D eigenvalue weighted by molar-refractivity contribution is -0.143. The Kier molecular flexibility index (Phi) is 6.13. The molecule has 0 saturated heterocycles. The molecule has 0 aromatic carbocycles. The first-order chi connectivity index (χ1) is 8.44. The molecule has 0 atom stereocenters. The van der Waals surface area contributed by atoms with Gasteiger partial charge in [-0.25, -0.2) is 0 Å². The third-order valence-corrected chi connectivity index (χ3v) is 4.16. The maximum atomic E-state index is 10.9. The second kappa shape index (κ2) is 7.13. The quantitative estimate of drug-likeness (QED) is 0.734. The van der Waals surface area contributed by atoms with Gasteiger partial charge in [0.1, 0.15) is 0 Å². The van der Waals surface area contributed by atoms with Gasteiger partial charge in [0.05, 0.1) is 5.92 Å². The van der Waals surface area contributed by atoms with Crippen molar-refractivity contribution in [3.05, 3.63) is 0 Å². The van der Waals surface area contributed by atoms with Crippen molar-refractivity contribution < 1.29 is 9.90 Å². The molecule has 0 aliphatic heterocycles. The fraction of sp³-hybridized carbons (Fsp3) is 0.933. The molecule has 18 heavy (non-hydrogen) atoms. The third kappa shape index (κ3) is 5.38. The molecule has 0 unspecified atom stereocenters. The Morgan fingerprint density at radius 2 is 1.89 bits per heavy atom. The molecule has 0 radical (unpaired) electrons. The number of hydrogen-bond acceptors (Lipinski definition) is 2. The summed E-state index contributed by atoms with van der Waals surface area (Å²) in [5, 5.41) is 12.5. The van der Waals surface area contributed by atoms with Gasteiger partial charge in [0.25, 0.3) is 0 Å². The number of carboxylic acid groups (broad SMARTS) is 1. The summed E-state index contributed by atoms with van der Waals surface area (Å²) in [5.74, 6) is -0.0127. The van der Waals surface area contributed by atoms with Crippen LogP contribution in [0.2, 0.25) is 0 Å². The van der Waals surface area contributed by atoms with Gasteiger partial charge < -0.3 is 10.4 Å². The van der Waals surface area contributed by atoms with E-state index in [1.54, 1.807) is 0 Å².